The van der Waals surface area contributed by atoms with Crippen molar-refractivity contribution in [1.29, 1.82) is 0 Å². The molecule has 0 atom stereocenters. The maximum absolute atomic E-state index is 11.2. The third-order valence-electron chi connectivity index (χ3n) is 2.83. The minimum atomic E-state index is -0.287. The zero-order valence-corrected chi connectivity index (χ0v) is 11.6. The lowest BCUT2D eigenvalue weighted by Gasteiger charge is -2.25. The van der Waals surface area contributed by atoms with Crippen LogP contribution in [0.3, 0.4) is 0 Å². The Morgan fingerprint density at radius 1 is 1.30 bits per heavy atom. The molecule has 2 amide bonds. The molecule has 1 heterocycles. The number of nitrogens with one attached hydrogen (secondary N) is 1. The number of carbonyl (C=O) groups excluding carboxylic acids is 2. The van der Waals surface area contributed by atoms with Crippen LogP contribution in [0.5, 0.6) is 5.75 Å². The van der Waals surface area contributed by atoms with E-state index < -0.39 is 0 Å². The monoisotopic (exact) mass is 293 g/mol. The molecule has 0 spiro atoms. The number of amides is 2. The van der Waals surface area contributed by atoms with Crippen molar-refractivity contribution in [3.8, 4) is 5.75 Å². The topological polar surface area (TPSA) is 84.7 Å². The standard InChI is InChI=1S/C13H15N3O3S/c14-13(20)9-3-1-2-4-10(9)19-6-5-16-7-11(17)15-12(18)8-16/h1-4H,5-8H2,(H2,14,20)(H,15,17,18). The molecular formula is C13H15N3O3S. The number of thiocarbonyl (C=S) groups is 1. The van der Waals surface area contributed by atoms with Gasteiger partial charge in [0, 0.05) is 6.54 Å². The second kappa shape index (κ2) is 6.44. The van der Waals surface area contributed by atoms with Gasteiger partial charge in [-0.25, -0.2) is 0 Å². The molecule has 3 N–H and O–H groups in total. The number of rotatable bonds is 5. The Balaban J connectivity index is 1.88. The molecule has 20 heavy (non-hydrogen) atoms. The molecule has 0 aliphatic carbocycles. The molecule has 2 rings (SSSR count). The number of nitrogens with zero attached hydrogens (tertiary/aromatic N) is 1. The Morgan fingerprint density at radius 3 is 2.60 bits per heavy atom. The Bertz CT molecular complexity index is 531. The lowest BCUT2D eigenvalue weighted by atomic mass is 10.2. The Labute approximate surface area is 121 Å². The highest BCUT2D eigenvalue weighted by molar-refractivity contribution is 7.80. The molecule has 1 aliphatic heterocycles. The van der Waals surface area contributed by atoms with Gasteiger partial charge < -0.3 is 10.5 Å². The van der Waals surface area contributed by atoms with E-state index in [9.17, 15) is 9.59 Å². The van der Waals surface area contributed by atoms with E-state index in [1.807, 2.05) is 12.1 Å². The third-order valence-corrected chi connectivity index (χ3v) is 3.05. The fraction of sp³-hybridized carbons (Fsp3) is 0.308. The largest absolute Gasteiger partial charge is 0.492 e. The van der Waals surface area contributed by atoms with Crippen LogP contribution >= 0.6 is 12.2 Å². The summed E-state index contributed by atoms with van der Waals surface area (Å²) in [5.41, 5.74) is 6.28. The minimum absolute atomic E-state index is 0.200. The van der Waals surface area contributed by atoms with Crippen LogP contribution in [0, 0.1) is 0 Å². The molecule has 0 aromatic heterocycles. The summed E-state index contributed by atoms with van der Waals surface area (Å²) in [5.74, 6) is 0.0300. The van der Waals surface area contributed by atoms with E-state index >= 15 is 0 Å². The predicted molar refractivity (Wildman–Crippen MR) is 77.4 cm³/mol. The van der Waals surface area contributed by atoms with Gasteiger partial charge in [-0.3, -0.25) is 19.8 Å². The van der Waals surface area contributed by atoms with Crippen molar-refractivity contribution >= 4 is 29.0 Å². The molecule has 1 aliphatic rings. The fourth-order valence-electron chi connectivity index (χ4n) is 1.94. The number of piperazine rings is 1. The van der Waals surface area contributed by atoms with Crippen LogP contribution in [-0.4, -0.2) is 47.9 Å². The molecule has 0 saturated carbocycles. The summed E-state index contributed by atoms with van der Waals surface area (Å²) in [6, 6.07) is 7.22. The van der Waals surface area contributed by atoms with Gasteiger partial charge >= 0.3 is 0 Å². The molecule has 0 bridgehead atoms. The van der Waals surface area contributed by atoms with Crippen molar-refractivity contribution in [3.63, 3.8) is 0 Å². The third kappa shape index (κ3) is 3.75. The first-order chi connectivity index (χ1) is 9.56. The van der Waals surface area contributed by atoms with Crippen molar-refractivity contribution in [3.05, 3.63) is 29.8 Å². The highest BCUT2D eigenvalue weighted by Crippen LogP contribution is 2.17. The number of carbonyl (C=O) groups is 2. The summed E-state index contributed by atoms with van der Waals surface area (Å²) in [7, 11) is 0. The highest BCUT2D eigenvalue weighted by atomic mass is 32.1. The summed E-state index contributed by atoms with van der Waals surface area (Å²) in [4.78, 5) is 24.4. The summed E-state index contributed by atoms with van der Waals surface area (Å²) in [6.45, 7) is 1.23. The summed E-state index contributed by atoms with van der Waals surface area (Å²) in [5, 5.41) is 2.25. The van der Waals surface area contributed by atoms with E-state index in [0.717, 1.165) is 0 Å². The average Bonchev–Trinajstić information content (AvgIpc) is 2.38. The van der Waals surface area contributed by atoms with Gasteiger partial charge in [0.25, 0.3) is 0 Å². The molecule has 1 fully saturated rings. The first kappa shape index (κ1) is 14.4. The number of para-hydroxylation sites is 1. The van der Waals surface area contributed by atoms with Gasteiger partial charge in [-0.15, -0.1) is 0 Å². The zero-order chi connectivity index (χ0) is 14.5. The predicted octanol–water partition coefficient (Wildman–Crippen LogP) is -0.342. The molecule has 1 saturated heterocycles. The van der Waals surface area contributed by atoms with Gasteiger partial charge in [0.15, 0.2) is 0 Å². The first-order valence-corrected chi connectivity index (χ1v) is 6.54. The Kier molecular flexibility index (Phi) is 4.65. The van der Waals surface area contributed by atoms with Gasteiger partial charge in [-0.05, 0) is 12.1 Å². The van der Waals surface area contributed by atoms with Gasteiger partial charge in [-0.2, -0.15) is 0 Å². The summed E-state index contributed by atoms with van der Waals surface area (Å²) >= 11 is 4.95. The van der Waals surface area contributed by atoms with Crippen molar-refractivity contribution in [1.82, 2.24) is 10.2 Å². The smallest absolute Gasteiger partial charge is 0.240 e. The van der Waals surface area contributed by atoms with Crippen molar-refractivity contribution < 1.29 is 14.3 Å². The van der Waals surface area contributed by atoms with E-state index in [4.69, 9.17) is 22.7 Å². The maximum atomic E-state index is 11.2. The number of nitrogens with two attached hydrogens (primary N) is 1. The normalized spacial score (nSPS) is 15.8. The van der Waals surface area contributed by atoms with Crippen LogP contribution in [0.4, 0.5) is 0 Å². The number of imide groups is 1. The molecule has 106 valence electrons. The molecule has 1 aromatic rings. The lowest BCUT2D eigenvalue weighted by molar-refractivity contribution is -0.136. The molecule has 0 radical (unpaired) electrons. The molecule has 6 nitrogen and oxygen atoms in total. The van der Waals surface area contributed by atoms with Gasteiger partial charge in [0.1, 0.15) is 17.3 Å². The molecule has 0 unspecified atom stereocenters. The van der Waals surface area contributed by atoms with Crippen LogP contribution in [0.15, 0.2) is 24.3 Å². The van der Waals surface area contributed by atoms with E-state index in [2.05, 4.69) is 5.32 Å². The van der Waals surface area contributed by atoms with Crippen LogP contribution in [0.1, 0.15) is 5.56 Å². The molecule has 1 aromatic carbocycles. The lowest BCUT2D eigenvalue weighted by Crippen LogP contribution is -2.52. The summed E-state index contributed by atoms with van der Waals surface area (Å²) < 4.78 is 5.62. The van der Waals surface area contributed by atoms with E-state index in [0.29, 0.717) is 24.5 Å². The van der Waals surface area contributed by atoms with Crippen LogP contribution < -0.4 is 15.8 Å². The van der Waals surface area contributed by atoms with Crippen molar-refractivity contribution in [2.45, 2.75) is 0 Å². The number of benzene rings is 1. The second-order valence-corrected chi connectivity index (χ2v) is 4.83. The van der Waals surface area contributed by atoms with E-state index in [-0.39, 0.29) is 29.9 Å². The first-order valence-electron chi connectivity index (χ1n) is 6.13. The maximum Gasteiger partial charge on any atom is 0.240 e. The second-order valence-electron chi connectivity index (χ2n) is 4.39. The summed E-state index contributed by atoms with van der Waals surface area (Å²) in [6.07, 6.45) is 0. The molecular weight excluding hydrogens is 278 g/mol. The highest BCUT2D eigenvalue weighted by Gasteiger charge is 2.21. The number of hydrogen-bond donors (Lipinski definition) is 2. The fourth-order valence-corrected chi connectivity index (χ4v) is 2.10. The Hall–Kier alpha value is -1.99. The SMILES string of the molecule is NC(=S)c1ccccc1OCCN1CC(=O)NC(=O)C1. The average molecular weight is 293 g/mol. The van der Waals surface area contributed by atoms with Gasteiger partial charge in [0.05, 0.1) is 18.7 Å². The van der Waals surface area contributed by atoms with Gasteiger partial charge in [-0.1, -0.05) is 24.4 Å². The van der Waals surface area contributed by atoms with Crippen molar-refractivity contribution in [2.24, 2.45) is 5.73 Å². The van der Waals surface area contributed by atoms with Gasteiger partial charge in [0.2, 0.25) is 11.8 Å². The van der Waals surface area contributed by atoms with Crippen LogP contribution in [-0.2, 0) is 9.59 Å². The number of hydrogen-bond acceptors (Lipinski definition) is 5. The number of ether oxygens (including phenoxy) is 1. The zero-order valence-electron chi connectivity index (χ0n) is 10.8. The minimum Gasteiger partial charge on any atom is -0.492 e. The molecule has 7 heteroatoms. The van der Waals surface area contributed by atoms with Crippen LogP contribution in [0.2, 0.25) is 0 Å². The quantitative estimate of drug-likeness (QED) is 0.571. The van der Waals surface area contributed by atoms with Crippen molar-refractivity contribution in [2.75, 3.05) is 26.2 Å². The van der Waals surface area contributed by atoms with Crippen LogP contribution in [0.25, 0.3) is 0 Å². The van der Waals surface area contributed by atoms with E-state index in [1.54, 1.807) is 17.0 Å². The van der Waals surface area contributed by atoms with E-state index in [1.165, 1.54) is 0 Å². The Morgan fingerprint density at radius 2 is 1.95 bits per heavy atom.